The van der Waals surface area contributed by atoms with Crippen LogP contribution in [0.3, 0.4) is 0 Å². The Hall–Kier alpha value is -1.26. The van der Waals surface area contributed by atoms with Gasteiger partial charge in [0.15, 0.2) is 0 Å². The van der Waals surface area contributed by atoms with E-state index in [2.05, 4.69) is 0 Å². The molecule has 2 fully saturated rings. The number of hydrogen-bond acceptors (Lipinski definition) is 3. The molecule has 2 rings (SSSR count). The number of piperidine rings is 1. The van der Waals surface area contributed by atoms with Crippen molar-refractivity contribution in [2.75, 3.05) is 13.1 Å². The van der Waals surface area contributed by atoms with Gasteiger partial charge in [-0.05, 0) is 51.9 Å². The van der Waals surface area contributed by atoms with Crippen LogP contribution in [0.1, 0.15) is 53.4 Å². The van der Waals surface area contributed by atoms with Crippen LogP contribution in [-0.2, 0) is 9.53 Å². The van der Waals surface area contributed by atoms with Crippen LogP contribution in [-0.4, -0.2) is 40.8 Å². The molecule has 0 bridgehead atoms. The highest BCUT2D eigenvalue weighted by molar-refractivity contribution is 5.80. The Kier molecular flexibility index (Phi) is 3.51. The second-order valence-electron chi connectivity index (χ2n) is 7.17. The highest BCUT2D eigenvalue weighted by Crippen LogP contribution is 2.70. The van der Waals surface area contributed by atoms with Crippen molar-refractivity contribution < 1.29 is 19.4 Å². The molecular formula is C15H25NO4. The van der Waals surface area contributed by atoms with Gasteiger partial charge in [-0.15, -0.1) is 0 Å². The maximum absolute atomic E-state index is 12.0. The molecule has 1 unspecified atom stereocenters. The standard InChI is InChI=1S/C15H25NO4/c1-5-15(11(17)18)10-14(15)6-8-16(9-7-14)12(19)20-13(2,3)4/h5-10H2,1-4H3,(H,17,18). The number of aliphatic carboxylic acids is 1. The minimum atomic E-state index is -0.675. The summed E-state index contributed by atoms with van der Waals surface area (Å²) in [5, 5.41) is 9.44. The lowest BCUT2D eigenvalue weighted by Gasteiger charge is -2.35. The zero-order chi connectivity index (χ0) is 15.2. The first-order chi connectivity index (χ1) is 9.16. The Balaban J connectivity index is 1.94. The molecule has 1 saturated heterocycles. The largest absolute Gasteiger partial charge is 0.481 e. The fraction of sp³-hybridized carbons (Fsp3) is 0.867. The van der Waals surface area contributed by atoms with Gasteiger partial charge in [-0.25, -0.2) is 4.79 Å². The van der Waals surface area contributed by atoms with Gasteiger partial charge < -0.3 is 14.7 Å². The molecule has 1 heterocycles. The SMILES string of the molecule is CCC1(C(=O)O)CC12CCN(C(=O)OC(C)(C)C)CC2. The number of rotatable bonds is 2. The van der Waals surface area contributed by atoms with E-state index in [-0.39, 0.29) is 11.5 Å². The Bertz CT molecular complexity index is 418. The summed E-state index contributed by atoms with van der Waals surface area (Å²) >= 11 is 0. The molecule has 20 heavy (non-hydrogen) atoms. The van der Waals surface area contributed by atoms with Gasteiger partial charge in [-0.2, -0.15) is 0 Å². The normalized spacial score (nSPS) is 28.3. The van der Waals surface area contributed by atoms with Crippen molar-refractivity contribution in [3.8, 4) is 0 Å². The molecule has 0 aromatic carbocycles. The van der Waals surface area contributed by atoms with Gasteiger partial charge in [0.1, 0.15) is 5.60 Å². The smallest absolute Gasteiger partial charge is 0.410 e. The van der Waals surface area contributed by atoms with E-state index < -0.39 is 17.0 Å². The number of nitrogens with zero attached hydrogens (tertiary/aromatic N) is 1. The molecule has 5 heteroatoms. The molecule has 1 spiro atoms. The summed E-state index contributed by atoms with van der Waals surface area (Å²) in [5.74, 6) is -0.675. The third-order valence-corrected chi connectivity index (χ3v) is 4.92. The van der Waals surface area contributed by atoms with Gasteiger partial charge in [0.25, 0.3) is 0 Å². The molecule has 5 nitrogen and oxygen atoms in total. The molecule has 1 aliphatic carbocycles. The molecule has 1 aliphatic heterocycles. The van der Waals surface area contributed by atoms with Gasteiger partial charge in [0.2, 0.25) is 0 Å². The predicted molar refractivity (Wildman–Crippen MR) is 74.5 cm³/mol. The lowest BCUT2D eigenvalue weighted by atomic mass is 9.83. The van der Waals surface area contributed by atoms with Crippen molar-refractivity contribution >= 4 is 12.1 Å². The zero-order valence-electron chi connectivity index (χ0n) is 12.9. The highest BCUT2D eigenvalue weighted by Gasteiger charge is 2.70. The summed E-state index contributed by atoms with van der Waals surface area (Å²) in [6, 6.07) is 0. The van der Waals surface area contributed by atoms with Crippen molar-refractivity contribution in [3.05, 3.63) is 0 Å². The minimum absolute atomic E-state index is 0.0912. The number of likely N-dealkylation sites (tertiary alicyclic amines) is 1. The predicted octanol–water partition coefficient (Wildman–Crippen LogP) is 2.89. The van der Waals surface area contributed by atoms with Crippen LogP contribution in [0.5, 0.6) is 0 Å². The molecule has 1 amide bonds. The Morgan fingerprint density at radius 1 is 1.25 bits per heavy atom. The first-order valence-corrected chi connectivity index (χ1v) is 7.37. The average molecular weight is 283 g/mol. The van der Waals surface area contributed by atoms with Crippen LogP contribution in [0.4, 0.5) is 4.79 Å². The number of ether oxygens (including phenoxy) is 1. The molecule has 1 atom stereocenters. The second kappa shape index (κ2) is 4.64. The zero-order valence-corrected chi connectivity index (χ0v) is 12.9. The molecular weight excluding hydrogens is 258 g/mol. The van der Waals surface area contributed by atoms with Crippen molar-refractivity contribution in [2.24, 2.45) is 10.8 Å². The molecule has 0 aromatic rings. The maximum atomic E-state index is 12.0. The summed E-state index contributed by atoms with van der Waals surface area (Å²) in [6.45, 7) is 8.70. The number of carbonyl (C=O) groups excluding carboxylic acids is 1. The number of carboxylic acids is 1. The van der Waals surface area contributed by atoms with E-state index in [1.165, 1.54) is 0 Å². The highest BCUT2D eigenvalue weighted by atomic mass is 16.6. The van der Waals surface area contributed by atoms with E-state index in [0.29, 0.717) is 19.5 Å². The van der Waals surface area contributed by atoms with Crippen molar-refractivity contribution in [1.29, 1.82) is 0 Å². The fourth-order valence-corrected chi connectivity index (χ4v) is 3.59. The van der Waals surface area contributed by atoms with E-state index in [9.17, 15) is 14.7 Å². The summed E-state index contributed by atoms with van der Waals surface area (Å²) < 4.78 is 5.36. The number of carbonyl (C=O) groups is 2. The topological polar surface area (TPSA) is 66.8 Å². The Labute approximate surface area is 120 Å². The summed E-state index contributed by atoms with van der Waals surface area (Å²) in [6.07, 6.45) is 2.69. The van der Waals surface area contributed by atoms with Crippen molar-refractivity contribution in [2.45, 2.75) is 59.0 Å². The van der Waals surface area contributed by atoms with Crippen LogP contribution in [0.25, 0.3) is 0 Å². The Morgan fingerprint density at radius 2 is 1.80 bits per heavy atom. The monoisotopic (exact) mass is 283 g/mol. The summed E-state index contributed by atoms with van der Waals surface area (Å²) in [4.78, 5) is 25.2. The first-order valence-electron chi connectivity index (χ1n) is 7.37. The van der Waals surface area contributed by atoms with Crippen LogP contribution in [0, 0.1) is 10.8 Å². The molecule has 1 saturated carbocycles. The fourth-order valence-electron chi connectivity index (χ4n) is 3.59. The number of carboxylic acid groups (broad SMARTS) is 1. The van der Waals surface area contributed by atoms with E-state index in [1.54, 1.807) is 4.90 Å². The van der Waals surface area contributed by atoms with Gasteiger partial charge in [-0.3, -0.25) is 4.79 Å². The first kappa shape index (κ1) is 15.1. The van der Waals surface area contributed by atoms with Crippen LogP contribution < -0.4 is 0 Å². The number of amides is 1. The lowest BCUT2D eigenvalue weighted by Crippen LogP contribution is -2.43. The van der Waals surface area contributed by atoms with Crippen LogP contribution >= 0.6 is 0 Å². The van der Waals surface area contributed by atoms with E-state index >= 15 is 0 Å². The minimum Gasteiger partial charge on any atom is -0.481 e. The summed E-state index contributed by atoms with van der Waals surface area (Å²) in [5.41, 5.74) is -1.13. The van der Waals surface area contributed by atoms with Gasteiger partial charge >= 0.3 is 12.1 Å². The van der Waals surface area contributed by atoms with Crippen LogP contribution in [0.15, 0.2) is 0 Å². The molecule has 2 aliphatic rings. The van der Waals surface area contributed by atoms with Gasteiger partial charge in [0.05, 0.1) is 5.41 Å². The van der Waals surface area contributed by atoms with Gasteiger partial charge in [-0.1, -0.05) is 6.92 Å². The molecule has 114 valence electrons. The van der Waals surface area contributed by atoms with Gasteiger partial charge in [0, 0.05) is 13.1 Å². The average Bonchev–Trinajstić information content (AvgIpc) is 2.97. The van der Waals surface area contributed by atoms with E-state index in [4.69, 9.17) is 4.74 Å². The van der Waals surface area contributed by atoms with Crippen LogP contribution in [0.2, 0.25) is 0 Å². The summed E-state index contributed by atoms with van der Waals surface area (Å²) in [7, 11) is 0. The quantitative estimate of drug-likeness (QED) is 0.846. The van der Waals surface area contributed by atoms with E-state index in [1.807, 2.05) is 27.7 Å². The molecule has 0 aromatic heterocycles. The maximum Gasteiger partial charge on any atom is 0.410 e. The second-order valence-corrected chi connectivity index (χ2v) is 7.17. The molecule has 0 radical (unpaired) electrons. The van der Waals surface area contributed by atoms with Crippen molar-refractivity contribution in [1.82, 2.24) is 4.90 Å². The number of hydrogen-bond donors (Lipinski definition) is 1. The lowest BCUT2D eigenvalue weighted by molar-refractivity contribution is -0.145. The Morgan fingerprint density at radius 3 is 2.15 bits per heavy atom. The molecule has 1 N–H and O–H groups in total. The third-order valence-electron chi connectivity index (χ3n) is 4.92. The third kappa shape index (κ3) is 2.38. The van der Waals surface area contributed by atoms with Crippen molar-refractivity contribution in [3.63, 3.8) is 0 Å². The van der Waals surface area contributed by atoms with E-state index in [0.717, 1.165) is 19.3 Å².